The Labute approximate surface area is 172 Å². The van der Waals surface area contributed by atoms with E-state index in [0.29, 0.717) is 19.5 Å². The molecule has 0 N–H and O–H groups in total. The average molecular weight is 395 g/mol. The van der Waals surface area contributed by atoms with Crippen LogP contribution in [0.1, 0.15) is 38.7 Å². The first kappa shape index (κ1) is 19.9. The minimum absolute atomic E-state index is 0.0977. The number of hydrogen-bond acceptors (Lipinski definition) is 3. The third kappa shape index (κ3) is 3.41. The van der Waals surface area contributed by atoms with Crippen molar-refractivity contribution in [2.24, 2.45) is 23.7 Å². The van der Waals surface area contributed by atoms with Crippen molar-refractivity contribution in [3.8, 4) is 0 Å². The molecule has 3 amide bonds. The van der Waals surface area contributed by atoms with E-state index < -0.39 is 6.04 Å². The second-order valence-corrected chi connectivity index (χ2v) is 8.58. The Bertz CT molecular complexity index is 783. The van der Waals surface area contributed by atoms with Crippen molar-refractivity contribution in [3.05, 3.63) is 48.0 Å². The topological polar surface area (TPSA) is 57.7 Å². The number of imide groups is 1. The second kappa shape index (κ2) is 8.13. The lowest BCUT2D eigenvalue weighted by atomic mass is 9.85. The van der Waals surface area contributed by atoms with Crippen molar-refractivity contribution in [2.45, 2.75) is 45.6 Å². The zero-order chi connectivity index (χ0) is 20.5. The van der Waals surface area contributed by atoms with Crippen LogP contribution in [0.2, 0.25) is 0 Å². The van der Waals surface area contributed by atoms with Gasteiger partial charge in [0.25, 0.3) is 0 Å². The van der Waals surface area contributed by atoms with Crippen molar-refractivity contribution in [1.82, 2.24) is 9.80 Å². The highest BCUT2D eigenvalue weighted by Crippen LogP contribution is 2.53. The molecule has 154 valence electrons. The van der Waals surface area contributed by atoms with Gasteiger partial charge in [-0.15, -0.1) is 0 Å². The van der Waals surface area contributed by atoms with Gasteiger partial charge in [-0.1, -0.05) is 56.3 Å². The van der Waals surface area contributed by atoms with Gasteiger partial charge in [0, 0.05) is 19.5 Å². The molecule has 1 saturated carbocycles. The summed E-state index contributed by atoms with van der Waals surface area (Å²) in [5, 5.41) is 0. The zero-order valence-electron chi connectivity index (χ0n) is 17.3. The number of allylic oxidation sites excluding steroid dienone is 2. The predicted molar refractivity (Wildman–Crippen MR) is 111 cm³/mol. The highest BCUT2D eigenvalue weighted by Gasteiger charge is 2.61. The normalized spacial score (nSPS) is 28.1. The lowest BCUT2D eigenvalue weighted by Crippen LogP contribution is -2.53. The van der Waals surface area contributed by atoms with E-state index >= 15 is 0 Å². The summed E-state index contributed by atoms with van der Waals surface area (Å²) in [7, 11) is 0. The Balaban J connectivity index is 1.66. The third-order valence-corrected chi connectivity index (χ3v) is 6.67. The largest absolute Gasteiger partial charge is 0.341 e. The molecule has 5 heteroatoms. The van der Waals surface area contributed by atoms with Crippen molar-refractivity contribution in [3.63, 3.8) is 0 Å². The summed E-state index contributed by atoms with van der Waals surface area (Å²) in [6.07, 6.45) is 7.17. The standard InChI is InChI=1S/C24H30N2O3/c1-3-12-25(13-4-2)22(27)19(14-16-8-6-5-7-9-16)26-23(28)20-17-10-11-18(15-17)21(20)24(26)29/h5-11,17-21H,3-4,12-15H2,1-2H3. The van der Waals surface area contributed by atoms with Gasteiger partial charge in [0.15, 0.2) is 0 Å². The molecule has 3 aliphatic rings. The molecule has 5 nitrogen and oxygen atoms in total. The SMILES string of the molecule is CCCN(CCC)C(=O)C(Cc1ccccc1)N1C(=O)C2C3C=CC(C3)C2C1=O. The fourth-order valence-electron chi connectivity index (χ4n) is 5.44. The quantitative estimate of drug-likeness (QED) is 0.503. The Kier molecular flexibility index (Phi) is 5.57. The van der Waals surface area contributed by atoms with Gasteiger partial charge in [-0.25, -0.2) is 0 Å². The molecule has 1 aromatic carbocycles. The molecule has 1 heterocycles. The number of rotatable bonds is 8. The van der Waals surface area contributed by atoms with Crippen molar-refractivity contribution < 1.29 is 14.4 Å². The van der Waals surface area contributed by atoms with E-state index in [1.165, 1.54) is 4.90 Å². The maximum absolute atomic E-state index is 13.6. The maximum Gasteiger partial charge on any atom is 0.246 e. The molecule has 2 fully saturated rings. The monoisotopic (exact) mass is 394 g/mol. The van der Waals surface area contributed by atoms with E-state index in [2.05, 4.69) is 12.2 Å². The molecule has 2 aliphatic carbocycles. The Morgan fingerprint density at radius 1 is 1.00 bits per heavy atom. The summed E-state index contributed by atoms with van der Waals surface area (Å²) in [4.78, 5) is 43.5. The van der Waals surface area contributed by atoms with Crippen LogP contribution in [0.3, 0.4) is 0 Å². The number of carbonyl (C=O) groups excluding carboxylic acids is 3. The first-order valence-electron chi connectivity index (χ1n) is 10.9. The molecular weight excluding hydrogens is 364 g/mol. The Hall–Kier alpha value is -2.43. The van der Waals surface area contributed by atoms with Gasteiger partial charge in [-0.2, -0.15) is 0 Å². The number of likely N-dealkylation sites (tertiary alicyclic amines) is 1. The summed E-state index contributed by atoms with van der Waals surface area (Å²) < 4.78 is 0. The predicted octanol–water partition coefficient (Wildman–Crippen LogP) is 3.05. The van der Waals surface area contributed by atoms with Gasteiger partial charge in [0.05, 0.1) is 11.8 Å². The van der Waals surface area contributed by atoms with E-state index in [9.17, 15) is 14.4 Å². The Morgan fingerprint density at radius 3 is 2.07 bits per heavy atom. The van der Waals surface area contributed by atoms with Crippen LogP contribution in [0.15, 0.2) is 42.5 Å². The van der Waals surface area contributed by atoms with E-state index in [0.717, 1.165) is 24.8 Å². The maximum atomic E-state index is 13.6. The molecule has 5 atom stereocenters. The minimum atomic E-state index is -0.750. The summed E-state index contributed by atoms with van der Waals surface area (Å²) in [6.45, 7) is 5.38. The summed E-state index contributed by atoms with van der Waals surface area (Å²) in [5.74, 6) is -0.607. The van der Waals surface area contributed by atoms with Crippen molar-refractivity contribution >= 4 is 17.7 Å². The van der Waals surface area contributed by atoms with Gasteiger partial charge in [-0.3, -0.25) is 19.3 Å². The molecular formula is C24H30N2O3. The molecule has 4 rings (SSSR count). The van der Waals surface area contributed by atoms with Gasteiger partial charge < -0.3 is 4.90 Å². The van der Waals surface area contributed by atoms with Crippen LogP contribution in [0.25, 0.3) is 0 Å². The van der Waals surface area contributed by atoms with Crippen LogP contribution >= 0.6 is 0 Å². The smallest absolute Gasteiger partial charge is 0.246 e. The molecule has 1 aliphatic heterocycles. The number of nitrogens with zero attached hydrogens (tertiary/aromatic N) is 2. The van der Waals surface area contributed by atoms with E-state index in [1.54, 1.807) is 0 Å². The molecule has 29 heavy (non-hydrogen) atoms. The molecule has 2 bridgehead atoms. The lowest BCUT2D eigenvalue weighted by Gasteiger charge is -2.32. The highest BCUT2D eigenvalue weighted by molar-refractivity contribution is 6.09. The van der Waals surface area contributed by atoms with Crippen LogP contribution < -0.4 is 0 Å². The fourth-order valence-corrected chi connectivity index (χ4v) is 5.44. The van der Waals surface area contributed by atoms with Gasteiger partial charge in [0.2, 0.25) is 17.7 Å². The number of carbonyl (C=O) groups is 3. The number of amides is 3. The second-order valence-electron chi connectivity index (χ2n) is 8.58. The van der Waals surface area contributed by atoms with Gasteiger partial charge in [-0.05, 0) is 36.7 Å². The van der Waals surface area contributed by atoms with Gasteiger partial charge in [0.1, 0.15) is 6.04 Å². The van der Waals surface area contributed by atoms with Crippen LogP contribution in [0.5, 0.6) is 0 Å². The summed E-state index contributed by atoms with van der Waals surface area (Å²) in [5.41, 5.74) is 0.970. The van der Waals surface area contributed by atoms with Crippen LogP contribution in [-0.2, 0) is 20.8 Å². The van der Waals surface area contributed by atoms with Crippen LogP contribution in [-0.4, -0.2) is 46.7 Å². The zero-order valence-corrected chi connectivity index (χ0v) is 17.3. The molecule has 1 aromatic rings. The first-order chi connectivity index (χ1) is 14.1. The molecule has 0 aromatic heterocycles. The van der Waals surface area contributed by atoms with E-state index in [4.69, 9.17) is 0 Å². The minimum Gasteiger partial charge on any atom is -0.341 e. The van der Waals surface area contributed by atoms with Crippen LogP contribution in [0.4, 0.5) is 0 Å². The van der Waals surface area contributed by atoms with Crippen molar-refractivity contribution in [2.75, 3.05) is 13.1 Å². The number of benzene rings is 1. The molecule has 0 radical (unpaired) electrons. The fraction of sp³-hybridized carbons (Fsp3) is 0.542. The Morgan fingerprint density at radius 2 is 1.55 bits per heavy atom. The van der Waals surface area contributed by atoms with E-state index in [-0.39, 0.29) is 41.4 Å². The third-order valence-electron chi connectivity index (χ3n) is 6.67. The highest BCUT2D eigenvalue weighted by atomic mass is 16.2. The van der Waals surface area contributed by atoms with E-state index in [1.807, 2.05) is 49.1 Å². The number of hydrogen-bond donors (Lipinski definition) is 0. The summed E-state index contributed by atoms with van der Waals surface area (Å²) in [6, 6.07) is 8.96. The van der Waals surface area contributed by atoms with Gasteiger partial charge >= 0.3 is 0 Å². The average Bonchev–Trinajstić information content (AvgIpc) is 3.41. The number of fused-ring (bicyclic) bond motifs is 5. The lowest BCUT2D eigenvalue weighted by molar-refractivity contribution is -0.152. The molecule has 1 saturated heterocycles. The van der Waals surface area contributed by atoms with Crippen molar-refractivity contribution in [1.29, 1.82) is 0 Å². The molecule has 5 unspecified atom stereocenters. The summed E-state index contributed by atoms with van der Waals surface area (Å²) >= 11 is 0. The molecule has 0 spiro atoms. The first-order valence-corrected chi connectivity index (χ1v) is 10.9. The van der Waals surface area contributed by atoms with Crippen LogP contribution in [0, 0.1) is 23.7 Å².